The molecule has 0 spiro atoms. The molecule has 0 bridgehead atoms. The van der Waals surface area contributed by atoms with E-state index in [0.717, 1.165) is 0 Å². The van der Waals surface area contributed by atoms with E-state index in [-0.39, 0.29) is 22.7 Å². The van der Waals surface area contributed by atoms with Crippen LogP contribution in [0.5, 0.6) is 5.75 Å². The summed E-state index contributed by atoms with van der Waals surface area (Å²) in [5.41, 5.74) is -5.23. The van der Waals surface area contributed by atoms with E-state index in [1.807, 2.05) is 0 Å². The van der Waals surface area contributed by atoms with Crippen LogP contribution in [-0.4, -0.2) is 26.8 Å². The maximum Gasteiger partial charge on any atom is 0.511 e. The first-order valence-electron chi connectivity index (χ1n) is 6.27. The van der Waals surface area contributed by atoms with Gasteiger partial charge in [0.15, 0.2) is 5.78 Å². The van der Waals surface area contributed by atoms with E-state index in [1.54, 1.807) is 13.8 Å². The van der Waals surface area contributed by atoms with Gasteiger partial charge >= 0.3 is 15.5 Å². The highest BCUT2D eigenvalue weighted by Gasteiger charge is 2.45. The summed E-state index contributed by atoms with van der Waals surface area (Å²) in [5, 5.41) is 0. The molecular formula is C13H16F3NO4S. The zero-order valence-corrected chi connectivity index (χ0v) is 13.0. The second kappa shape index (κ2) is 6.66. The van der Waals surface area contributed by atoms with Crippen LogP contribution in [0.15, 0.2) is 18.2 Å². The lowest BCUT2D eigenvalue weighted by molar-refractivity contribution is -0.0448. The van der Waals surface area contributed by atoms with Crippen LogP contribution < -0.4 is 9.46 Å². The van der Waals surface area contributed by atoms with E-state index in [9.17, 15) is 26.4 Å². The number of hydrogen-bond donors (Lipinski definition) is 1. The normalized spacial score (nSPS) is 12.5. The van der Waals surface area contributed by atoms with Crippen molar-refractivity contribution >= 4 is 15.8 Å². The van der Waals surface area contributed by atoms with E-state index in [1.165, 1.54) is 30.0 Å². The van der Waals surface area contributed by atoms with Crippen molar-refractivity contribution in [3.63, 3.8) is 0 Å². The van der Waals surface area contributed by atoms with Crippen molar-refractivity contribution in [3.8, 4) is 5.75 Å². The molecule has 1 N–H and O–H groups in total. The van der Waals surface area contributed by atoms with Gasteiger partial charge in [0.1, 0.15) is 5.75 Å². The molecule has 0 aliphatic carbocycles. The van der Waals surface area contributed by atoms with Gasteiger partial charge in [0, 0.05) is 23.6 Å². The summed E-state index contributed by atoms with van der Waals surface area (Å²) in [5.74, 6) is -0.582. The Morgan fingerprint density at radius 1 is 1.32 bits per heavy atom. The Labute approximate surface area is 126 Å². The smallest absolute Gasteiger partial charge is 0.496 e. The van der Waals surface area contributed by atoms with Gasteiger partial charge in [-0.05, 0) is 6.07 Å². The molecule has 0 atom stereocenters. The van der Waals surface area contributed by atoms with Gasteiger partial charge in [-0.3, -0.25) is 4.79 Å². The average Bonchev–Trinajstić information content (AvgIpc) is 2.42. The second-order valence-electron chi connectivity index (χ2n) is 4.78. The predicted octanol–water partition coefficient (Wildman–Crippen LogP) is 2.47. The topological polar surface area (TPSA) is 72.5 Å². The molecule has 0 saturated carbocycles. The minimum Gasteiger partial charge on any atom is -0.496 e. The van der Waals surface area contributed by atoms with Crippen molar-refractivity contribution < 1.29 is 31.1 Å². The number of methoxy groups -OCH3 is 1. The summed E-state index contributed by atoms with van der Waals surface area (Å²) in [7, 11) is -4.22. The largest absolute Gasteiger partial charge is 0.511 e. The Hall–Kier alpha value is -1.61. The molecule has 0 amide bonds. The summed E-state index contributed by atoms with van der Waals surface area (Å²) in [4.78, 5) is 12.1. The molecule has 0 fully saturated rings. The zero-order valence-electron chi connectivity index (χ0n) is 12.2. The Morgan fingerprint density at radius 2 is 1.91 bits per heavy atom. The second-order valence-corrected chi connectivity index (χ2v) is 6.53. The molecule has 0 saturated heterocycles. The van der Waals surface area contributed by atoms with Crippen LogP contribution in [0.25, 0.3) is 0 Å². The number of rotatable bonds is 6. The molecule has 5 nitrogen and oxygen atoms in total. The Balaban J connectivity index is 3.21. The van der Waals surface area contributed by atoms with Crippen LogP contribution in [0.4, 0.5) is 13.2 Å². The van der Waals surface area contributed by atoms with E-state index in [4.69, 9.17) is 4.74 Å². The molecule has 0 unspecified atom stereocenters. The molecule has 1 aromatic carbocycles. The Bertz CT molecular complexity index is 654. The molecule has 1 rings (SSSR count). The third-order valence-electron chi connectivity index (χ3n) is 2.89. The maximum absolute atomic E-state index is 12.4. The number of sulfonamides is 1. The lowest BCUT2D eigenvalue weighted by Crippen LogP contribution is -2.36. The van der Waals surface area contributed by atoms with Crippen LogP contribution in [0.3, 0.4) is 0 Å². The van der Waals surface area contributed by atoms with Crippen LogP contribution >= 0.6 is 0 Å². The van der Waals surface area contributed by atoms with E-state index in [0.29, 0.717) is 0 Å². The highest BCUT2D eigenvalue weighted by atomic mass is 32.2. The Morgan fingerprint density at radius 3 is 2.36 bits per heavy atom. The van der Waals surface area contributed by atoms with Crippen molar-refractivity contribution in [1.29, 1.82) is 0 Å². The van der Waals surface area contributed by atoms with Crippen LogP contribution in [-0.2, 0) is 16.6 Å². The van der Waals surface area contributed by atoms with Gasteiger partial charge in [0.25, 0.3) is 0 Å². The highest BCUT2D eigenvalue weighted by Crippen LogP contribution is 2.27. The Kier molecular flexibility index (Phi) is 5.58. The van der Waals surface area contributed by atoms with Crippen molar-refractivity contribution in [2.24, 2.45) is 5.92 Å². The van der Waals surface area contributed by atoms with E-state index in [2.05, 4.69) is 0 Å². The molecule has 124 valence electrons. The SMILES string of the molecule is COc1cccc(C(=O)C(C)C)c1CNS(=O)(=O)C(F)(F)F. The van der Waals surface area contributed by atoms with Crippen molar-refractivity contribution in [1.82, 2.24) is 4.72 Å². The monoisotopic (exact) mass is 339 g/mol. The van der Waals surface area contributed by atoms with Gasteiger partial charge < -0.3 is 4.74 Å². The fraction of sp³-hybridized carbons (Fsp3) is 0.462. The number of alkyl halides is 3. The first-order valence-corrected chi connectivity index (χ1v) is 7.75. The minimum absolute atomic E-state index is 0.0662. The van der Waals surface area contributed by atoms with Crippen molar-refractivity contribution in [2.45, 2.75) is 25.9 Å². The molecule has 0 aliphatic rings. The average molecular weight is 339 g/mol. The van der Waals surface area contributed by atoms with Crippen LogP contribution in [0, 0.1) is 5.92 Å². The number of ether oxygens (including phenoxy) is 1. The third kappa shape index (κ3) is 3.98. The van der Waals surface area contributed by atoms with Crippen molar-refractivity contribution in [2.75, 3.05) is 7.11 Å². The molecule has 0 aliphatic heterocycles. The number of ketones is 1. The lowest BCUT2D eigenvalue weighted by Gasteiger charge is -2.16. The maximum atomic E-state index is 12.4. The zero-order chi connectivity index (χ0) is 17.1. The summed E-state index contributed by atoms with van der Waals surface area (Å²) < 4.78 is 65.7. The number of carbonyl (C=O) groups excluding carboxylic acids is 1. The molecule has 22 heavy (non-hydrogen) atoms. The van der Waals surface area contributed by atoms with Crippen LogP contribution in [0.2, 0.25) is 0 Å². The quantitative estimate of drug-likeness (QED) is 0.808. The third-order valence-corrected chi connectivity index (χ3v) is 4.02. The van der Waals surface area contributed by atoms with Gasteiger partial charge in [-0.2, -0.15) is 13.2 Å². The number of carbonyl (C=O) groups is 1. The number of nitrogens with one attached hydrogen (secondary N) is 1. The fourth-order valence-electron chi connectivity index (χ4n) is 1.73. The van der Waals surface area contributed by atoms with Gasteiger partial charge in [0.2, 0.25) is 0 Å². The summed E-state index contributed by atoms with van der Waals surface area (Å²) in [6, 6.07) is 4.37. The molecule has 9 heteroatoms. The predicted molar refractivity (Wildman–Crippen MR) is 74.0 cm³/mol. The summed E-state index contributed by atoms with van der Waals surface area (Å²) in [6.07, 6.45) is 0. The van der Waals surface area contributed by atoms with Crippen molar-refractivity contribution in [3.05, 3.63) is 29.3 Å². The van der Waals surface area contributed by atoms with E-state index >= 15 is 0 Å². The minimum atomic E-state index is -5.50. The number of halogens is 3. The summed E-state index contributed by atoms with van der Waals surface area (Å²) in [6.45, 7) is 2.57. The number of benzene rings is 1. The highest BCUT2D eigenvalue weighted by molar-refractivity contribution is 7.90. The number of hydrogen-bond acceptors (Lipinski definition) is 4. The van der Waals surface area contributed by atoms with Gasteiger partial charge in [-0.1, -0.05) is 26.0 Å². The summed E-state index contributed by atoms with van der Waals surface area (Å²) >= 11 is 0. The first-order chi connectivity index (χ1) is 10.0. The van der Waals surface area contributed by atoms with Crippen LogP contribution in [0.1, 0.15) is 29.8 Å². The van der Waals surface area contributed by atoms with Gasteiger partial charge in [0.05, 0.1) is 7.11 Å². The molecule has 0 radical (unpaired) electrons. The molecular weight excluding hydrogens is 323 g/mol. The van der Waals surface area contributed by atoms with Gasteiger partial charge in [-0.25, -0.2) is 13.1 Å². The van der Waals surface area contributed by atoms with Gasteiger partial charge in [-0.15, -0.1) is 0 Å². The number of Topliss-reactive ketones (excluding diaryl/α,β-unsaturated/α-hetero) is 1. The van der Waals surface area contributed by atoms with E-state index < -0.39 is 28.0 Å². The lowest BCUT2D eigenvalue weighted by atomic mass is 9.96. The fourth-order valence-corrected chi connectivity index (χ4v) is 2.23. The first kappa shape index (κ1) is 18.4. The molecule has 0 aromatic heterocycles. The molecule has 0 heterocycles. The molecule has 1 aromatic rings. The standard InChI is InChI=1S/C13H16F3NO4S/c1-8(2)12(18)9-5-4-6-11(21-3)10(9)7-17-22(19,20)13(14,15)16/h4-6,8,17H,7H2,1-3H3.